The second kappa shape index (κ2) is 8.58. The molecule has 28 heavy (non-hydrogen) atoms. The molecule has 0 atom stereocenters. The smallest absolute Gasteiger partial charge is 0.371 e. The summed E-state index contributed by atoms with van der Waals surface area (Å²) in [6.07, 6.45) is 2.84. The van der Waals surface area contributed by atoms with Crippen LogP contribution in [-0.2, 0) is 6.61 Å². The largest absolute Gasteiger partial charge is 0.493 e. The van der Waals surface area contributed by atoms with Gasteiger partial charge >= 0.3 is 11.9 Å². The third kappa shape index (κ3) is 4.58. The molecule has 0 spiro atoms. The molecular formula is C19H16N2O7. The van der Waals surface area contributed by atoms with Gasteiger partial charge in [-0.25, -0.2) is 10.2 Å². The number of carbonyl (C=O) groups is 2. The summed E-state index contributed by atoms with van der Waals surface area (Å²) in [5.74, 6) is -0.375. The van der Waals surface area contributed by atoms with E-state index in [1.807, 2.05) is 0 Å². The van der Waals surface area contributed by atoms with Crippen molar-refractivity contribution in [1.29, 1.82) is 0 Å². The molecule has 1 amide bonds. The van der Waals surface area contributed by atoms with Crippen LogP contribution in [0, 0.1) is 0 Å². The Kier molecular flexibility index (Phi) is 5.75. The zero-order chi connectivity index (χ0) is 19.9. The van der Waals surface area contributed by atoms with E-state index in [0.29, 0.717) is 22.8 Å². The summed E-state index contributed by atoms with van der Waals surface area (Å²) in [6.45, 7) is 0.0380. The SMILES string of the molecule is COc1cc(C=NNC(=O)c2ccco2)ccc1OCc1ccc(C(=O)O)o1. The van der Waals surface area contributed by atoms with E-state index in [0.717, 1.165) is 0 Å². The number of nitrogens with zero attached hydrogens (tertiary/aromatic N) is 1. The molecule has 0 bridgehead atoms. The van der Waals surface area contributed by atoms with Gasteiger partial charge in [-0.3, -0.25) is 4.79 Å². The summed E-state index contributed by atoms with van der Waals surface area (Å²) >= 11 is 0. The Morgan fingerprint density at radius 3 is 2.71 bits per heavy atom. The number of hydrogen-bond acceptors (Lipinski definition) is 7. The fourth-order valence-electron chi connectivity index (χ4n) is 2.23. The van der Waals surface area contributed by atoms with Crippen molar-refractivity contribution in [3.05, 3.63) is 71.6 Å². The maximum absolute atomic E-state index is 11.7. The molecule has 2 N–H and O–H groups in total. The number of ether oxygens (including phenoxy) is 2. The molecule has 144 valence electrons. The molecular weight excluding hydrogens is 368 g/mol. The monoisotopic (exact) mass is 384 g/mol. The Morgan fingerprint density at radius 1 is 1.18 bits per heavy atom. The second-order valence-corrected chi connectivity index (χ2v) is 5.45. The summed E-state index contributed by atoms with van der Waals surface area (Å²) in [5.41, 5.74) is 3.01. The Balaban J connectivity index is 1.61. The maximum atomic E-state index is 11.7. The van der Waals surface area contributed by atoms with Gasteiger partial charge in [-0.05, 0) is 48.0 Å². The van der Waals surface area contributed by atoms with Gasteiger partial charge in [-0.1, -0.05) is 0 Å². The van der Waals surface area contributed by atoms with Crippen LogP contribution in [0.3, 0.4) is 0 Å². The van der Waals surface area contributed by atoms with Crippen LogP contribution in [0.15, 0.2) is 62.7 Å². The van der Waals surface area contributed by atoms with E-state index in [1.54, 1.807) is 24.3 Å². The summed E-state index contributed by atoms with van der Waals surface area (Å²) in [6, 6.07) is 11.1. The number of aromatic carboxylic acids is 1. The Hall–Kier alpha value is -4.01. The van der Waals surface area contributed by atoms with Crippen LogP contribution in [-0.4, -0.2) is 30.3 Å². The molecule has 0 aliphatic rings. The van der Waals surface area contributed by atoms with Crippen molar-refractivity contribution >= 4 is 18.1 Å². The molecule has 1 aromatic carbocycles. The van der Waals surface area contributed by atoms with E-state index < -0.39 is 11.9 Å². The van der Waals surface area contributed by atoms with Crippen LogP contribution in [0.25, 0.3) is 0 Å². The first-order valence-electron chi connectivity index (χ1n) is 8.06. The molecule has 0 saturated carbocycles. The predicted molar refractivity (Wildman–Crippen MR) is 96.8 cm³/mol. The van der Waals surface area contributed by atoms with Crippen LogP contribution in [0.5, 0.6) is 11.5 Å². The number of carboxylic acids is 1. The third-order valence-electron chi connectivity index (χ3n) is 3.55. The minimum atomic E-state index is -1.15. The van der Waals surface area contributed by atoms with Gasteiger partial charge in [0.2, 0.25) is 5.76 Å². The minimum Gasteiger partial charge on any atom is -0.493 e. The minimum absolute atomic E-state index is 0.0380. The molecule has 0 saturated heterocycles. The Labute approximate surface area is 159 Å². The molecule has 0 unspecified atom stereocenters. The summed E-state index contributed by atoms with van der Waals surface area (Å²) in [7, 11) is 1.48. The first kappa shape index (κ1) is 18.8. The number of furan rings is 2. The summed E-state index contributed by atoms with van der Waals surface area (Å²) < 4.78 is 21.0. The van der Waals surface area contributed by atoms with Crippen LogP contribution in [0.2, 0.25) is 0 Å². The fourth-order valence-corrected chi connectivity index (χ4v) is 2.23. The number of benzene rings is 1. The zero-order valence-corrected chi connectivity index (χ0v) is 14.7. The maximum Gasteiger partial charge on any atom is 0.371 e. The fraction of sp³-hybridized carbons (Fsp3) is 0.105. The molecule has 9 heteroatoms. The molecule has 0 fully saturated rings. The number of methoxy groups -OCH3 is 1. The average Bonchev–Trinajstić information content (AvgIpc) is 3.38. The molecule has 0 aliphatic carbocycles. The van der Waals surface area contributed by atoms with Gasteiger partial charge in [0.05, 0.1) is 19.6 Å². The van der Waals surface area contributed by atoms with Crippen LogP contribution >= 0.6 is 0 Å². The highest BCUT2D eigenvalue weighted by atomic mass is 16.5. The molecule has 3 aromatic rings. The molecule has 3 rings (SSSR count). The predicted octanol–water partition coefficient (Wildman–Crippen LogP) is 2.92. The van der Waals surface area contributed by atoms with E-state index in [1.165, 1.54) is 37.8 Å². The van der Waals surface area contributed by atoms with Gasteiger partial charge < -0.3 is 23.4 Å². The zero-order valence-electron chi connectivity index (χ0n) is 14.7. The normalized spacial score (nSPS) is 10.8. The third-order valence-corrected chi connectivity index (χ3v) is 3.55. The van der Waals surface area contributed by atoms with Gasteiger partial charge in [0.25, 0.3) is 0 Å². The number of rotatable bonds is 8. The highest BCUT2D eigenvalue weighted by molar-refractivity contribution is 5.92. The standard InChI is InChI=1S/C19H16N2O7/c1-25-17-9-12(10-20-21-18(22)15-3-2-8-26-15)4-6-14(17)27-11-13-5-7-16(28-13)19(23)24/h2-10H,11H2,1H3,(H,21,22)(H,23,24). The lowest BCUT2D eigenvalue weighted by Crippen LogP contribution is -2.16. The Bertz CT molecular complexity index is 990. The van der Waals surface area contributed by atoms with Gasteiger partial charge in [-0.15, -0.1) is 0 Å². The van der Waals surface area contributed by atoms with Gasteiger partial charge in [0.1, 0.15) is 12.4 Å². The number of nitrogens with one attached hydrogen (secondary N) is 1. The summed E-state index contributed by atoms with van der Waals surface area (Å²) in [4.78, 5) is 22.6. The lowest BCUT2D eigenvalue weighted by Gasteiger charge is -2.10. The lowest BCUT2D eigenvalue weighted by molar-refractivity contribution is 0.0657. The molecule has 9 nitrogen and oxygen atoms in total. The quantitative estimate of drug-likeness (QED) is 0.452. The topological polar surface area (TPSA) is 124 Å². The van der Waals surface area contributed by atoms with Crippen molar-refractivity contribution in [3.63, 3.8) is 0 Å². The number of carboxylic acid groups (broad SMARTS) is 1. The lowest BCUT2D eigenvalue weighted by atomic mass is 10.2. The van der Waals surface area contributed by atoms with Crippen molar-refractivity contribution in [2.24, 2.45) is 5.10 Å². The van der Waals surface area contributed by atoms with Crippen molar-refractivity contribution < 1.29 is 33.0 Å². The second-order valence-electron chi connectivity index (χ2n) is 5.45. The van der Waals surface area contributed by atoms with Crippen molar-refractivity contribution in [2.75, 3.05) is 7.11 Å². The highest BCUT2D eigenvalue weighted by Gasteiger charge is 2.11. The van der Waals surface area contributed by atoms with Crippen LogP contribution in [0.1, 0.15) is 32.4 Å². The van der Waals surface area contributed by atoms with E-state index in [9.17, 15) is 9.59 Å². The molecule has 0 radical (unpaired) electrons. The molecule has 0 aliphatic heterocycles. The van der Waals surface area contributed by atoms with Crippen molar-refractivity contribution in [1.82, 2.24) is 5.43 Å². The van der Waals surface area contributed by atoms with Crippen LogP contribution < -0.4 is 14.9 Å². The first-order chi connectivity index (χ1) is 13.6. The Morgan fingerprint density at radius 2 is 2.04 bits per heavy atom. The van der Waals surface area contributed by atoms with E-state index >= 15 is 0 Å². The number of hydrazone groups is 1. The first-order valence-corrected chi connectivity index (χ1v) is 8.06. The van der Waals surface area contributed by atoms with Gasteiger partial charge in [0.15, 0.2) is 17.3 Å². The van der Waals surface area contributed by atoms with Gasteiger partial charge in [0, 0.05) is 0 Å². The molecule has 2 aromatic heterocycles. The average molecular weight is 384 g/mol. The molecule has 2 heterocycles. The van der Waals surface area contributed by atoms with Crippen LogP contribution in [0.4, 0.5) is 0 Å². The summed E-state index contributed by atoms with van der Waals surface area (Å²) in [5, 5.41) is 12.7. The van der Waals surface area contributed by atoms with Crippen molar-refractivity contribution in [3.8, 4) is 11.5 Å². The number of hydrogen-bond donors (Lipinski definition) is 2. The van der Waals surface area contributed by atoms with Gasteiger partial charge in [-0.2, -0.15) is 5.10 Å². The number of carbonyl (C=O) groups excluding carboxylic acids is 1. The van der Waals surface area contributed by atoms with E-state index in [4.69, 9.17) is 23.4 Å². The van der Waals surface area contributed by atoms with E-state index in [-0.39, 0.29) is 18.1 Å². The highest BCUT2D eigenvalue weighted by Crippen LogP contribution is 2.28. The van der Waals surface area contributed by atoms with Crippen molar-refractivity contribution in [2.45, 2.75) is 6.61 Å². The number of amides is 1. The van der Waals surface area contributed by atoms with E-state index in [2.05, 4.69) is 10.5 Å².